The Balaban J connectivity index is 1.67. The molecule has 30 heavy (non-hydrogen) atoms. The number of halogens is 3. The van der Waals surface area contributed by atoms with Gasteiger partial charge in [-0.1, -0.05) is 23.4 Å². The number of rotatable bonds is 6. The zero-order chi connectivity index (χ0) is 21.7. The fourth-order valence-corrected chi connectivity index (χ4v) is 2.51. The Hall–Kier alpha value is -3.82. The highest BCUT2D eigenvalue weighted by molar-refractivity contribution is 5.98. The molecule has 0 fully saturated rings. The average Bonchev–Trinajstić information content (AvgIpc) is 3.10. The van der Waals surface area contributed by atoms with Gasteiger partial charge in [-0.3, -0.25) is 4.79 Å². The molecule has 0 saturated heterocycles. The number of carbonyl (C=O) groups is 2. The van der Waals surface area contributed by atoms with E-state index in [1.165, 1.54) is 30.3 Å². The molecule has 0 spiro atoms. The summed E-state index contributed by atoms with van der Waals surface area (Å²) >= 11 is 0. The maximum Gasteiger partial charge on any atom is 0.416 e. The number of hydrogen-bond donors (Lipinski definition) is 2. The number of aryl methyl sites for hydroxylation is 1. The number of ether oxygens (including phenoxy) is 1. The molecule has 1 amide bonds. The first-order valence-corrected chi connectivity index (χ1v) is 8.66. The predicted molar refractivity (Wildman–Crippen MR) is 101 cm³/mol. The van der Waals surface area contributed by atoms with Crippen molar-refractivity contribution in [3.05, 3.63) is 71.5 Å². The van der Waals surface area contributed by atoms with E-state index in [0.717, 1.165) is 12.1 Å². The maximum atomic E-state index is 12.9. The van der Waals surface area contributed by atoms with Gasteiger partial charge in [0.25, 0.3) is 5.91 Å². The third-order valence-electron chi connectivity index (χ3n) is 3.85. The van der Waals surface area contributed by atoms with Gasteiger partial charge in [-0.25, -0.2) is 4.79 Å². The Morgan fingerprint density at radius 3 is 2.57 bits per heavy atom. The molecule has 0 aliphatic carbocycles. The van der Waals surface area contributed by atoms with Crippen LogP contribution in [0.25, 0.3) is 0 Å². The van der Waals surface area contributed by atoms with Crippen molar-refractivity contribution in [3.8, 4) is 0 Å². The van der Waals surface area contributed by atoms with Crippen molar-refractivity contribution >= 4 is 29.1 Å². The SMILES string of the molecule is Cc1cc(NC(=O)COC(=O)c2ccccc2Nc2cccc(C(F)(F)F)c2)no1. The van der Waals surface area contributed by atoms with Gasteiger partial charge in [0, 0.05) is 11.8 Å². The van der Waals surface area contributed by atoms with E-state index in [-0.39, 0.29) is 22.8 Å². The first-order valence-electron chi connectivity index (χ1n) is 8.66. The van der Waals surface area contributed by atoms with Gasteiger partial charge in [-0.2, -0.15) is 13.2 Å². The quantitative estimate of drug-likeness (QED) is 0.570. The molecule has 0 saturated carbocycles. The van der Waals surface area contributed by atoms with E-state index in [0.29, 0.717) is 5.76 Å². The Labute approximate surface area is 168 Å². The molecule has 1 heterocycles. The first-order chi connectivity index (χ1) is 14.2. The number of para-hydroxylation sites is 1. The van der Waals surface area contributed by atoms with Gasteiger partial charge in [0.1, 0.15) is 5.76 Å². The van der Waals surface area contributed by atoms with Crippen LogP contribution in [-0.2, 0) is 15.7 Å². The minimum Gasteiger partial charge on any atom is -0.452 e. The van der Waals surface area contributed by atoms with Crippen LogP contribution in [0.4, 0.5) is 30.4 Å². The Morgan fingerprint density at radius 1 is 1.10 bits per heavy atom. The molecule has 0 aliphatic rings. The highest BCUT2D eigenvalue weighted by Crippen LogP contribution is 2.32. The summed E-state index contributed by atoms with van der Waals surface area (Å²) in [5.41, 5.74) is -0.397. The van der Waals surface area contributed by atoms with Crippen molar-refractivity contribution in [1.82, 2.24) is 5.16 Å². The molecular formula is C20H16F3N3O4. The summed E-state index contributed by atoms with van der Waals surface area (Å²) in [5, 5.41) is 8.76. The smallest absolute Gasteiger partial charge is 0.416 e. The van der Waals surface area contributed by atoms with Crippen LogP contribution in [0.1, 0.15) is 21.7 Å². The van der Waals surface area contributed by atoms with Gasteiger partial charge < -0.3 is 19.9 Å². The van der Waals surface area contributed by atoms with Gasteiger partial charge in [-0.15, -0.1) is 0 Å². The minimum absolute atomic E-state index is 0.0555. The van der Waals surface area contributed by atoms with E-state index in [9.17, 15) is 22.8 Å². The van der Waals surface area contributed by atoms with E-state index in [1.54, 1.807) is 19.1 Å². The number of carbonyl (C=O) groups excluding carboxylic acids is 2. The number of aromatic nitrogens is 1. The van der Waals surface area contributed by atoms with E-state index < -0.39 is 30.2 Å². The molecule has 7 nitrogen and oxygen atoms in total. The number of benzene rings is 2. The van der Waals surface area contributed by atoms with Crippen molar-refractivity contribution in [1.29, 1.82) is 0 Å². The highest BCUT2D eigenvalue weighted by Gasteiger charge is 2.30. The molecule has 0 atom stereocenters. The lowest BCUT2D eigenvalue weighted by Gasteiger charge is -2.13. The molecule has 3 rings (SSSR count). The van der Waals surface area contributed by atoms with Crippen LogP contribution in [0.15, 0.2) is 59.1 Å². The molecule has 2 aromatic carbocycles. The normalized spacial score (nSPS) is 11.1. The van der Waals surface area contributed by atoms with E-state index in [2.05, 4.69) is 15.8 Å². The summed E-state index contributed by atoms with van der Waals surface area (Å²) in [4.78, 5) is 24.3. The topological polar surface area (TPSA) is 93.5 Å². The number of nitrogens with zero attached hydrogens (tertiary/aromatic N) is 1. The zero-order valence-electron chi connectivity index (χ0n) is 15.6. The van der Waals surface area contributed by atoms with Crippen LogP contribution in [0.3, 0.4) is 0 Å². The van der Waals surface area contributed by atoms with Crippen molar-refractivity contribution < 1.29 is 32.0 Å². The molecule has 1 aromatic heterocycles. The second-order valence-electron chi connectivity index (χ2n) is 6.20. The number of anilines is 3. The van der Waals surface area contributed by atoms with Gasteiger partial charge in [-0.05, 0) is 37.3 Å². The zero-order valence-corrected chi connectivity index (χ0v) is 15.6. The van der Waals surface area contributed by atoms with Gasteiger partial charge in [0.15, 0.2) is 12.4 Å². The molecule has 2 N–H and O–H groups in total. The Bertz CT molecular complexity index is 1060. The summed E-state index contributed by atoms with van der Waals surface area (Å²) in [6.07, 6.45) is -4.49. The van der Waals surface area contributed by atoms with Crippen molar-refractivity contribution in [2.75, 3.05) is 17.2 Å². The third kappa shape index (κ3) is 5.37. The number of nitrogens with one attached hydrogen (secondary N) is 2. The summed E-state index contributed by atoms with van der Waals surface area (Å²) in [7, 11) is 0. The molecule has 156 valence electrons. The van der Waals surface area contributed by atoms with Crippen LogP contribution >= 0.6 is 0 Å². The molecule has 0 aliphatic heterocycles. The van der Waals surface area contributed by atoms with Gasteiger partial charge in [0.05, 0.1) is 16.8 Å². The lowest BCUT2D eigenvalue weighted by molar-refractivity contribution is -0.137. The minimum atomic E-state index is -4.49. The second-order valence-corrected chi connectivity index (χ2v) is 6.20. The number of alkyl halides is 3. The first kappa shape index (κ1) is 20.9. The van der Waals surface area contributed by atoms with Crippen LogP contribution in [0.5, 0.6) is 0 Å². The van der Waals surface area contributed by atoms with Crippen LogP contribution in [0, 0.1) is 6.92 Å². The highest BCUT2D eigenvalue weighted by atomic mass is 19.4. The number of esters is 1. The lowest BCUT2D eigenvalue weighted by Crippen LogP contribution is -2.21. The maximum absolute atomic E-state index is 12.9. The summed E-state index contributed by atoms with van der Waals surface area (Å²) in [6.45, 7) is 1.07. The largest absolute Gasteiger partial charge is 0.452 e. The fraction of sp³-hybridized carbons (Fsp3) is 0.150. The van der Waals surface area contributed by atoms with E-state index in [1.807, 2.05) is 0 Å². The predicted octanol–water partition coefficient (Wildman–Crippen LogP) is 4.54. The van der Waals surface area contributed by atoms with E-state index >= 15 is 0 Å². The van der Waals surface area contributed by atoms with Crippen molar-refractivity contribution in [2.24, 2.45) is 0 Å². The van der Waals surface area contributed by atoms with Gasteiger partial charge >= 0.3 is 12.1 Å². The number of amides is 1. The van der Waals surface area contributed by atoms with Crippen molar-refractivity contribution in [2.45, 2.75) is 13.1 Å². The molecular weight excluding hydrogens is 403 g/mol. The summed E-state index contributed by atoms with van der Waals surface area (Å²) < 4.78 is 48.5. The van der Waals surface area contributed by atoms with Gasteiger partial charge in [0.2, 0.25) is 0 Å². The third-order valence-corrected chi connectivity index (χ3v) is 3.85. The fourth-order valence-electron chi connectivity index (χ4n) is 2.51. The monoisotopic (exact) mass is 419 g/mol. The molecule has 0 bridgehead atoms. The number of hydrogen-bond acceptors (Lipinski definition) is 6. The van der Waals surface area contributed by atoms with Crippen molar-refractivity contribution in [3.63, 3.8) is 0 Å². The van der Waals surface area contributed by atoms with Crippen LogP contribution in [-0.4, -0.2) is 23.6 Å². The second kappa shape index (κ2) is 8.68. The summed E-state index contributed by atoms with van der Waals surface area (Å²) in [5.74, 6) is -0.770. The van der Waals surface area contributed by atoms with Crippen LogP contribution < -0.4 is 10.6 Å². The Kier molecular flexibility index (Phi) is 6.05. The molecule has 10 heteroatoms. The standard InChI is InChI=1S/C20H16F3N3O4/c1-12-9-17(26-30-12)25-18(27)11-29-19(28)15-7-2-3-8-16(15)24-14-6-4-5-13(10-14)20(21,22)23/h2-10,24H,11H2,1H3,(H,25,26,27). The Morgan fingerprint density at radius 2 is 1.87 bits per heavy atom. The molecule has 0 radical (unpaired) electrons. The van der Waals surface area contributed by atoms with E-state index in [4.69, 9.17) is 9.26 Å². The van der Waals surface area contributed by atoms with Crippen LogP contribution in [0.2, 0.25) is 0 Å². The lowest BCUT2D eigenvalue weighted by atomic mass is 10.1. The average molecular weight is 419 g/mol. The summed E-state index contributed by atoms with van der Waals surface area (Å²) in [6, 6.07) is 12.2. The molecule has 3 aromatic rings. The molecule has 0 unspecified atom stereocenters.